The number of thiophene rings is 1. The Kier molecular flexibility index (Phi) is 5.74. The van der Waals surface area contributed by atoms with E-state index in [-0.39, 0.29) is 0 Å². The highest BCUT2D eigenvalue weighted by Gasteiger charge is 2.17. The summed E-state index contributed by atoms with van der Waals surface area (Å²) >= 11 is 1.89. The highest BCUT2D eigenvalue weighted by Crippen LogP contribution is 2.46. The maximum atomic E-state index is 5.07. The number of hydrogen-bond acceptors (Lipinski definition) is 4. The summed E-state index contributed by atoms with van der Waals surface area (Å²) in [6.07, 6.45) is 0. The summed E-state index contributed by atoms with van der Waals surface area (Å²) in [6, 6.07) is 53.7. The average Bonchev–Trinajstić information content (AvgIpc) is 3.54. The van der Waals surface area contributed by atoms with Crippen molar-refractivity contribution in [1.82, 2.24) is 15.0 Å². The molecule has 0 spiro atoms. The summed E-state index contributed by atoms with van der Waals surface area (Å²) < 4.78 is 2.66. The second kappa shape index (κ2) is 10.3. The third-order valence-electron chi connectivity index (χ3n) is 9.26. The van der Waals surface area contributed by atoms with Crippen molar-refractivity contribution in [1.29, 1.82) is 0 Å². The summed E-state index contributed by atoms with van der Waals surface area (Å²) in [5.41, 5.74) is 2.89. The molecule has 10 aromatic rings. The first-order valence-electron chi connectivity index (χ1n) is 15.8. The number of hydrogen-bond donors (Lipinski definition) is 0. The van der Waals surface area contributed by atoms with Crippen molar-refractivity contribution in [3.63, 3.8) is 0 Å². The number of rotatable bonds is 3. The van der Waals surface area contributed by atoms with Crippen LogP contribution in [0.25, 0.3) is 97.4 Å². The third-order valence-corrected chi connectivity index (χ3v) is 10.5. The molecule has 0 atom stereocenters. The smallest absolute Gasteiger partial charge is 0.164 e. The molecule has 0 unspecified atom stereocenters. The SMILES string of the molecule is c1ccc(-c2nc(-c3ccc4ccccc4c3)nc(-c3ccc4c(ccc5c6sc7ccccc7c6c6ccccc6c45)c3)n2)cc1. The molecule has 0 aliphatic carbocycles. The lowest BCUT2D eigenvalue weighted by molar-refractivity contribution is 1.08. The van der Waals surface area contributed by atoms with E-state index in [0.717, 1.165) is 27.5 Å². The molecule has 10 rings (SSSR count). The van der Waals surface area contributed by atoms with E-state index in [4.69, 9.17) is 15.0 Å². The molecule has 0 saturated heterocycles. The lowest BCUT2D eigenvalue weighted by Gasteiger charge is -2.12. The quantitative estimate of drug-likeness (QED) is 0.186. The van der Waals surface area contributed by atoms with Crippen molar-refractivity contribution in [2.45, 2.75) is 0 Å². The molecule has 3 nitrogen and oxygen atoms in total. The Hall–Kier alpha value is -5.97. The van der Waals surface area contributed by atoms with Gasteiger partial charge in [0.2, 0.25) is 0 Å². The minimum Gasteiger partial charge on any atom is -0.208 e. The molecule has 0 aliphatic heterocycles. The Morgan fingerprint density at radius 1 is 0.340 bits per heavy atom. The normalized spacial score (nSPS) is 11.8. The van der Waals surface area contributed by atoms with E-state index in [2.05, 4.69) is 133 Å². The van der Waals surface area contributed by atoms with Crippen LogP contribution in [-0.4, -0.2) is 15.0 Å². The van der Waals surface area contributed by atoms with Gasteiger partial charge in [-0.2, -0.15) is 0 Å². The van der Waals surface area contributed by atoms with Gasteiger partial charge in [0.25, 0.3) is 0 Å². The predicted molar refractivity (Wildman–Crippen MR) is 199 cm³/mol. The molecule has 2 heterocycles. The average molecular weight is 616 g/mol. The Balaban J connectivity index is 1.20. The van der Waals surface area contributed by atoms with Gasteiger partial charge in [-0.15, -0.1) is 11.3 Å². The first-order chi connectivity index (χ1) is 23.3. The van der Waals surface area contributed by atoms with Crippen LogP contribution in [0.3, 0.4) is 0 Å². The van der Waals surface area contributed by atoms with Crippen molar-refractivity contribution in [3.05, 3.63) is 152 Å². The number of aromatic nitrogens is 3. The second-order valence-electron chi connectivity index (χ2n) is 12.0. The monoisotopic (exact) mass is 615 g/mol. The molecule has 2 aromatic heterocycles. The molecular weight excluding hydrogens is 591 g/mol. The summed E-state index contributed by atoms with van der Waals surface area (Å²) in [5, 5.41) is 12.6. The highest BCUT2D eigenvalue weighted by atomic mass is 32.1. The van der Waals surface area contributed by atoms with Gasteiger partial charge in [0.1, 0.15) is 0 Å². The van der Waals surface area contributed by atoms with Crippen LogP contribution in [0.2, 0.25) is 0 Å². The van der Waals surface area contributed by atoms with Crippen LogP contribution in [0.1, 0.15) is 0 Å². The fourth-order valence-electron chi connectivity index (χ4n) is 7.05. The third kappa shape index (κ3) is 4.16. The van der Waals surface area contributed by atoms with Crippen LogP contribution in [-0.2, 0) is 0 Å². The van der Waals surface area contributed by atoms with Crippen molar-refractivity contribution in [3.8, 4) is 34.2 Å². The Labute approximate surface area is 274 Å². The maximum absolute atomic E-state index is 5.07. The lowest BCUT2D eigenvalue weighted by Crippen LogP contribution is -2.00. The van der Waals surface area contributed by atoms with E-state index in [1.807, 2.05) is 29.5 Å². The number of benzene rings is 8. The Bertz CT molecular complexity index is 2850. The minimum atomic E-state index is 0.661. The summed E-state index contributed by atoms with van der Waals surface area (Å²) in [5.74, 6) is 1.99. The van der Waals surface area contributed by atoms with Crippen molar-refractivity contribution >= 4 is 74.6 Å². The Morgan fingerprint density at radius 3 is 1.68 bits per heavy atom. The summed E-state index contributed by atoms with van der Waals surface area (Å²) in [4.78, 5) is 15.1. The summed E-state index contributed by atoms with van der Waals surface area (Å²) in [7, 11) is 0. The van der Waals surface area contributed by atoms with Crippen LogP contribution in [0.15, 0.2) is 152 Å². The molecule has 8 aromatic carbocycles. The van der Waals surface area contributed by atoms with E-state index < -0.39 is 0 Å². The number of nitrogens with zero attached hydrogens (tertiary/aromatic N) is 3. The van der Waals surface area contributed by atoms with Crippen molar-refractivity contribution in [2.75, 3.05) is 0 Å². The molecule has 0 radical (unpaired) electrons. The zero-order valence-corrected chi connectivity index (χ0v) is 26.0. The van der Waals surface area contributed by atoms with Crippen LogP contribution < -0.4 is 0 Å². The van der Waals surface area contributed by atoms with E-state index in [1.54, 1.807) is 0 Å². The van der Waals surface area contributed by atoms with Crippen LogP contribution in [0.4, 0.5) is 0 Å². The molecule has 0 fully saturated rings. The molecule has 218 valence electrons. The fraction of sp³-hybridized carbons (Fsp3) is 0. The first kappa shape index (κ1) is 26.3. The van der Waals surface area contributed by atoms with Gasteiger partial charge in [0.15, 0.2) is 17.5 Å². The van der Waals surface area contributed by atoms with Gasteiger partial charge in [-0.25, -0.2) is 15.0 Å². The molecule has 4 heteroatoms. The van der Waals surface area contributed by atoms with Gasteiger partial charge in [-0.05, 0) is 55.9 Å². The topological polar surface area (TPSA) is 38.7 Å². The molecule has 0 aliphatic rings. The molecule has 0 amide bonds. The van der Waals surface area contributed by atoms with Crippen molar-refractivity contribution in [2.24, 2.45) is 0 Å². The lowest BCUT2D eigenvalue weighted by atomic mass is 9.93. The van der Waals surface area contributed by atoms with E-state index in [9.17, 15) is 0 Å². The van der Waals surface area contributed by atoms with Crippen LogP contribution in [0.5, 0.6) is 0 Å². The molecule has 47 heavy (non-hydrogen) atoms. The van der Waals surface area contributed by atoms with E-state index >= 15 is 0 Å². The molecule has 0 N–H and O–H groups in total. The largest absolute Gasteiger partial charge is 0.208 e. The molecule has 0 saturated carbocycles. The zero-order chi connectivity index (χ0) is 30.9. The van der Waals surface area contributed by atoms with Crippen molar-refractivity contribution < 1.29 is 0 Å². The second-order valence-corrected chi connectivity index (χ2v) is 13.1. The summed E-state index contributed by atoms with van der Waals surface area (Å²) in [6.45, 7) is 0. The zero-order valence-electron chi connectivity index (χ0n) is 25.2. The fourth-order valence-corrected chi connectivity index (χ4v) is 8.30. The van der Waals surface area contributed by atoms with Crippen LogP contribution >= 0.6 is 11.3 Å². The van der Waals surface area contributed by atoms with E-state index in [0.29, 0.717) is 17.5 Å². The van der Waals surface area contributed by atoms with Gasteiger partial charge in [-0.3, -0.25) is 0 Å². The van der Waals surface area contributed by atoms with Gasteiger partial charge in [0.05, 0.1) is 0 Å². The Morgan fingerprint density at radius 2 is 0.894 bits per heavy atom. The van der Waals surface area contributed by atoms with E-state index in [1.165, 1.54) is 52.5 Å². The predicted octanol–water partition coefficient (Wildman–Crippen LogP) is 11.9. The molecule has 0 bridgehead atoms. The minimum absolute atomic E-state index is 0.661. The first-order valence-corrected chi connectivity index (χ1v) is 16.6. The maximum Gasteiger partial charge on any atom is 0.164 e. The standard InChI is InChI=1S/C43H25N3S/c1-2-11-27(12-3-1)41-44-42(30-19-18-26-10-4-5-13-28(26)24-30)46-43(45-41)31-21-22-32-29(25-31)20-23-36-38(32)33-14-6-7-15-34(33)39-35-16-8-9-17-37(35)47-40(36)39/h1-25H. The number of fused-ring (bicyclic) bond motifs is 11. The van der Waals surface area contributed by atoms with Gasteiger partial charge in [-0.1, -0.05) is 133 Å². The molecular formula is C43H25N3S. The van der Waals surface area contributed by atoms with Gasteiger partial charge < -0.3 is 0 Å². The van der Waals surface area contributed by atoms with Gasteiger partial charge >= 0.3 is 0 Å². The van der Waals surface area contributed by atoms with Gasteiger partial charge in [0, 0.05) is 42.2 Å². The van der Waals surface area contributed by atoms with Crippen LogP contribution in [0, 0.1) is 0 Å². The highest BCUT2D eigenvalue weighted by molar-refractivity contribution is 7.27.